The molecule has 33 heavy (non-hydrogen) atoms. The van der Waals surface area contributed by atoms with Crippen molar-refractivity contribution in [2.24, 2.45) is 0 Å². The van der Waals surface area contributed by atoms with E-state index in [2.05, 4.69) is 0 Å². The van der Waals surface area contributed by atoms with E-state index in [0.29, 0.717) is 5.39 Å². The minimum absolute atomic E-state index is 0.0496. The third kappa shape index (κ3) is 3.15. The van der Waals surface area contributed by atoms with E-state index in [1.54, 1.807) is 30.3 Å². The van der Waals surface area contributed by atoms with Gasteiger partial charge in [0, 0.05) is 0 Å². The Hall–Kier alpha value is -3.87. The molecule has 0 saturated carbocycles. The fourth-order valence-electron chi connectivity index (χ4n) is 4.30. The van der Waals surface area contributed by atoms with Crippen LogP contribution in [0.3, 0.4) is 0 Å². The van der Waals surface area contributed by atoms with E-state index in [4.69, 9.17) is 13.6 Å². The SMILES string of the molecule is CC(C)c1ccc2oc(=O)c(C3C(=O)Oc4c3c(=O)oc3ccc(C(C)C)cc43)c(O)c2c1. The number of ether oxygens (including phenoxy) is 1. The molecule has 1 N–H and O–H groups in total. The number of hydrogen-bond donors (Lipinski definition) is 1. The summed E-state index contributed by atoms with van der Waals surface area (Å²) in [5.41, 5.74) is 0.167. The van der Waals surface area contributed by atoms with E-state index in [1.807, 2.05) is 33.8 Å². The highest BCUT2D eigenvalue weighted by Crippen LogP contribution is 2.44. The molecule has 3 heterocycles. The van der Waals surface area contributed by atoms with Gasteiger partial charge in [-0.2, -0.15) is 0 Å². The molecule has 1 unspecified atom stereocenters. The minimum atomic E-state index is -1.45. The summed E-state index contributed by atoms with van der Waals surface area (Å²) >= 11 is 0. The summed E-state index contributed by atoms with van der Waals surface area (Å²) < 4.78 is 16.4. The maximum absolute atomic E-state index is 13.0. The smallest absolute Gasteiger partial charge is 0.344 e. The molecule has 1 aliphatic heterocycles. The van der Waals surface area contributed by atoms with Gasteiger partial charge in [0.1, 0.15) is 28.4 Å². The van der Waals surface area contributed by atoms with E-state index in [9.17, 15) is 19.5 Å². The first-order valence-electron chi connectivity index (χ1n) is 10.8. The Morgan fingerprint density at radius 1 is 0.758 bits per heavy atom. The summed E-state index contributed by atoms with van der Waals surface area (Å²) in [5, 5.41) is 11.8. The van der Waals surface area contributed by atoms with E-state index in [-0.39, 0.29) is 45.3 Å². The molecule has 1 aliphatic rings. The molecule has 0 bridgehead atoms. The Balaban J connectivity index is 1.80. The van der Waals surface area contributed by atoms with Gasteiger partial charge in [0.2, 0.25) is 0 Å². The lowest BCUT2D eigenvalue weighted by molar-refractivity contribution is -0.133. The van der Waals surface area contributed by atoms with Crippen LogP contribution in [0.25, 0.3) is 21.9 Å². The van der Waals surface area contributed by atoms with Crippen molar-refractivity contribution >= 4 is 27.9 Å². The van der Waals surface area contributed by atoms with Crippen LogP contribution in [0.4, 0.5) is 0 Å². The third-order valence-electron chi connectivity index (χ3n) is 6.20. The zero-order chi connectivity index (χ0) is 23.6. The Kier molecular flexibility index (Phi) is 4.67. The number of fused-ring (bicyclic) bond motifs is 4. The van der Waals surface area contributed by atoms with E-state index in [1.165, 1.54) is 0 Å². The predicted molar refractivity (Wildman–Crippen MR) is 122 cm³/mol. The monoisotopic (exact) mass is 446 g/mol. The lowest BCUT2D eigenvalue weighted by Gasteiger charge is -2.12. The largest absolute Gasteiger partial charge is 0.507 e. The van der Waals surface area contributed by atoms with Gasteiger partial charge in [-0.3, -0.25) is 4.79 Å². The van der Waals surface area contributed by atoms with E-state index in [0.717, 1.165) is 11.1 Å². The van der Waals surface area contributed by atoms with Crippen molar-refractivity contribution in [1.29, 1.82) is 0 Å². The standard InChI is InChI=1S/C26H22O7/c1-11(2)13-5-7-17-15(9-13)22(27)20(25(29)31-17)19-21-23(33-24(19)28)16-10-14(12(3)4)6-8-18(16)32-26(21)30/h5-12,19,27H,1-4H3. The number of rotatable bonds is 3. The molecule has 0 aliphatic carbocycles. The molecule has 168 valence electrons. The average molecular weight is 446 g/mol. The molecular formula is C26H22O7. The summed E-state index contributed by atoms with van der Waals surface area (Å²) in [6, 6.07) is 10.4. The van der Waals surface area contributed by atoms with Crippen LogP contribution in [0, 0.1) is 0 Å². The van der Waals surface area contributed by atoms with Crippen molar-refractivity contribution in [1.82, 2.24) is 0 Å². The molecule has 0 radical (unpaired) electrons. The van der Waals surface area contributed by atoms with Gasteiger partial charge >= 0.3 is 17.2 Å². The van der Waals surface area contributed by atoms with Crippen LogP contribution in [-0.4, -0.2) is 11.1 Å². The Bertz CT molecular complexity index is 1570. The summed E-state index contributed by atoms with van der Waals surface area (Å²) in [6.45, 7) is 8.01. The topological polar surface area (TPSA) is 107 Å². The van der Waals surface area contributed by atoms with Crippen LogP contribution < -0.4 is 16.0 Å². The molecule has 1 atom stereocenters. The van der Waals surface area contributed by atoms with Gasteiger partial charge in [0.05, 0.1) is 16.3 Å². The second-order valence-corrected chi connectivity index (χ2v) is 8.96. The maximum atomic E-state index is 13.0. The van der Waals surface area contributed by atoms with Crippen LogP contribution >= 0.6 is 0 Å². The second-order valence-electron chi connectivity index (χ2n) is 8.96. The second kappa shape index (κ2) is 7.33. The highest BCUT2D eigenvalue weighted by Gasteiger charge is 2.43. The van der Waals surface area contributed by atoms with Crippen molar-refractivity contribution in [3.8, 4) is 11.5 Å². The van der Waals surface area contributed by atoms with Crippen LogP contribution in [0.5, 0.6) is 11.5 Å². The number of hydrogen-bond acceptors (Lipinski definition) is 7. The molecule has 2 aromatic heterocycles. The lowest BCUT2D eigenvalue weighted by Crippen LogP contribution is -2.22. The van der Waals surface area contributed by atoms with Crippen LogP contribution in [0.1, 0.15) is 67.7 Å². The average Bonchev–Trinajstić information content (AvgIpc) is 3.11. The molecule has 7 nitrogen and oxygen atoms in total. The molecule has 0 saturated heterocycles. The molecule has 0 fully saturated rings. The zero-order valence-electron chi connectivity index (χ0n) is 18.6. The lowest BCUT2D eigenvalue weighted by atomic mass is 9.91. The fourth-order valence-corrected chi connectivity index (χ4v) is 4.30. The first-order valence-corrected chi connectivity index (χ1v) is 10.8. The molecular weight excluding hydrogens is 424 g/mol. The number of esters is 1. The Morgan fingerprint density at radius 3 is 1.85 bits per heavy atom. The first kappa shape index (κ1) is 21.0. The van der Waals surface area contributed by atoms with Crippen molar-refractivity contribution in [2.45, 2.75) is 45.4 Å². The summed E-state index contributed by atoms with van der Waals surface area (Å²) in [4.78, 5) is 38.7. The van der Waals surface area contributed by atoms with Gasteiger partial charge in [0.15, 0.2) is 5.75 Å². The summed E-state index contributed by atoms with van der Waals surface area (Å²) in [7, 11) is 0. The van der Waals surface area contributed by atoms with Crippen molar-refractivity contribution in [3.05, 3.63) is 79.5 Å². The molecule has 0 amide bonds. The predicted octanol–water partition coefficient (Wildman–Crippen LogP) is 4.90. The number of carbonyl (C=O) groups excluding carboxylic acids is 1. The van der Waals surface area contributed by atoms with Crippen molar-refractivity contribution in [3.63, 3.8) is 0 Å². The van der Waals surface area contributed by atoms with E-state index >= 15 is 0 Å². The molecule has 4 aromatic rings. The van der Waals surface area contributed by atoms with Crippen molar-refractivity contribution < 1.29 is 23.5 Å². The highest BCUT2D eigenvalue weighted by molar-refractivity contribution is 5.98. The highest BCUT2D eigenvalue weighted by atomic mass is 16.5. The van der Waals surface area contributed by atoms with Gasteiger partial charge in [-0.15, -0.1) is 0 Å². The van der Waals surface area contributed by atoms with Crippen LogP contribution in [0.15, 0.2) is 54.8 Å². The van der Waals surface area contributed by atoms with E-state index < -0.39 is 28.9 Å². The maximum Gasteiger partial charge on any atom is 0.344 e. The minimum Gasteiger partial charge on any atom is -0.507 e. The fraction of sp³-hybridized carbons (Fsp3) is 0.269. The number of aromatic hydroxyl groups is 1. The number of benzene rings is 2. The molecule has 0 spiro atoms. The third-order valence-corrected chi connectivity index (χ3v) is 6.20. The van der Waals surface area contributed by atoms with Gasteiger partial charge in [-0.05, 0) is 47.2 Å². The van der Waals surface area contributed by atoms with Gasteiger partial charge < -0.3 is 18.7 Å². The Labute approximate surface area is 188 Å². The summed E-state index contributed by atoms with van der Waals surface area (Å²) in [5.74, 6) is -2.30. The molecule has 5 rings (SSSR count). The number of carbonyl (C=O) groups is 1. The van der Waals surface area contributed by atoms with Crippen molar-refractivity contribution in [2.75, 3.05) is 0 Å². The Morgan fingerprint density at radius 2 is 1.27 bits per heavy atom. The van der Waals surface area contributed by atoms with Gasteiger partial charge in [-0.1, -0.05) is 39.8 Å². The van der Waals surface area contributed by atoms with Gasteiger partial charge in [0.25, 0.3) is 0 Å². The normalized spacial score (nSPS) is 15.6. The van der Waals surface area contributed by atoms with Crippen LogP contribution in [-0.2, 0) is 4.79 Å². The first-order chi connectivity index (χ1) is 15.7. The molecule has 2 aromatic carbocycles. The zero-order valence-corrected chi connectivity index (χ0v) is 18.6. The van der Waals surface area contributed by atoms with Gasteiger partial charge in [-0.25, -0.2) is 9.59 Å². The summed E-state index contributed by atoms with van der Waals surface area (Å²) in [6.07, 6.45) is 0. The van der Waals surface area contributed by atoms with Crippen LogP contribution in [0.2, 0.25) is 0 Å². The molecule has 7 heteroatoms. The quantitative estimate of drug-likeness (QED) is 0.352.